The normalized spacial score (nSPS) is 20.0. The fourth-order valence-electron chi connectivity index (χ4n) is 2.99. The van der Waals surface area contributed by atoms with Crippen LogP contribution in [0.1, 0.15) is 22.7 Å². The zero-order chi connectivity index (χ0) is 19.8. The quantitative estimate of drug-likeness (QED) is 0.825. The van der Waals surface area contributed by atoms with E-state index in [2.05, 4.69) is 20.5 Å². The van der Waals surface area contributed by atoms with Crippen molar-refractivity contribution in [1.82, 2.24) is 20.1 Å². The highest BCUT2D eigenvalue weighted by molar-refractivity contribution is 6.07. The summed E-state index contributed by atoms with van der Waals surface area (Å²) in [5.74, 6) is -2.75. The minimum absolute atomic E-state index is 0.0425. The number of aryl methyl sites for hydroxylation is 1. The van der Waals surface area contributed by atoms with Crippen LogP contribution >= 0.6 is 0 Å². The average molecular weight is 379 g/mol. The zero-order valence-electron chi connectivity index (χ0n) is 14.5. The van der Waals surface area contributed by atoms with Gasteiger partial charge < -0.3 is 4.90 Å². The van der Waals surface area contributed by atoms with E-state index in [0.29, 0.717) is 11.3 Å². The Morgan fingerprint density at radius 1 is 1.22 bits per heavy atom. The van der Waals surface area contributed by atoms with Crippen molar-refractivity contribution in [3.05, 3.63) is 47.3 Å². The molecule has 142 valence electrons. The van der Waals surface area contributed by atoms with Gasteiger partial charge in [-0.05, 0) is 24.6 Å². The third-order valence-corrected chi connectivity index (χ3v) is 4.37. The maximum absolute atomic E-state index is 12.8. The molecule has 0 aliphatic carbocycles. The number of likely N-dealkylation sites (N-methyl/N-ethyl adjacent to an activating group) is 1. The molecule has 0 unspecified atom stereocenters. The van der Waals surface area contributed by atoms with Crippen molar-refractivity contribution >= 4 is 17.8 Å². The molecule has 2 atom stereocenters. The standard InChI is InChI=1S/C17H16F3N5O2/c1-9-7-21-16(24-23-9)22-14(26)13-12(8-25(2)15(13)27)10-3-5-11(6-4-10)17(18,19)20/h3-7,12-13H,8H2,1-2H3,(H,21,22,24,26)/t12-,13+/m0/s1. The average Bonchev–Trinajstić information content (AvgIpc) is 2.91. The molecule has 1 fully saturated rings. The molecule has 2 amide bonds. The molecule has 1 saturated heterocycles. The molecule has 1 aliphatic rings. The first-order chi connectivity index (χ1) is 12.7. The number of alkyl halides is 3. The lowest BCUT2D eigenvalue weighted by Gasteiger charge is -2.17. The molecule has 0 radical (unpaired) electrons. The van der Waals surface area contributed by atoms with E-state index in [4.69, 9.17) is 0 Å². The fourth-order valence-corrected chi connectivity index (χ4v) is 2.99. The molecular formula is C17H16F3N5O2. The number of amides is 2. The number of likely N-dealkylation sites (tertiary alicyclic amines) is 1. The van der Waals surface area contributed by atoms with Crippen LogP contribution in [0.4, 0.5) is 19.1 Å². The monoisotopic (exact) mass is 379 g/mol. The summed E-state index contributed by atoms with van der Waals surface area (Å²) in [5, 5.41) is 9.95. The van der Waals surface area contributed by atoms with Crippen LogP contribution < -0.4 is 5.32 Å². The maximum atomic E-state index is 12.8. The van der Waals surface area contributed by atoms with E-state index < -0.39 is 35.4 Å². The number of carbonyl (C=O) groups excluding carboxylic acids is 2. The molecule has 0 bridgehead atoms. The summed E-state index contributed by atoms with van der Waals surface area (Å²) in [7, 11) is 1.54. The van der Waals surface area contributed by atoms with Crippen LogP contribution in [0.25, 0.3) is 0 Å². The van der Waals surface area contributed by atoms with Gasteiger partial charge in [-0.1, -0.05) is 12.1 Å². The Bertz CT molecular complexity index is 852. The van der Waals surface area contributed by atoms with E-state index in [0.717, 1.165) is 12.1 Å². The summed E-state index contributed by atoms with van der Waals surface area (Å²) in [4.78, 5) is 30.3. The number of benzene rings is 1. The van der Waals surface area contributed by atoms with Crippen molar-refractivity contribution in [3.8, 4) is 0 Å². The number of halogens is 3. The lowest BCUT2D eigenvalue weighted by Crippen LogP contribution is -2.33. The molecule has 1 aromatic heterocycles. The molecule has 3 rings (SSSR count). The predicted molar refractivity (Wildman–Crippen MR) is 88.5 cm³/mol. The number of aromatic nitrogens is 3. The van der Waals surface area contributed by atoms with Crippen LogP contribution in [-0.4, -0.2) is 45.5 Å². The van der Waals surface area contributed by atoms with Crippen molar-refractivity contribution < 1.29 is 22.8 Å². The SMILES string of the molecule is Cc1cnc(NC(=O)[C@@H]2C(=O)N(C)C[C@H]2c2ccc(C(F)(F)F)cc2)nn1. The predicted octanol–water partition coefficient (Wildman–Crippen LogP) is 2.01. The summed E-state index contributed by atoms with van der Waals surface area (Å²) >= 11 is 0. The van der Waals surface area contributed by atoms with Gasteiger partial charge in [-0.25, -0.2) is 4.98 Å². The Labute approximate surface area is 152 Å². The van der Waals surface area contributed by atoms with Crippen LogP contribution in [0.5, 0.6) is 0 Å². The van der Waals surface area contributed by atoms with Gasteiger partial charge in [-0.3, -0.25) is 14.9 Å². The van der Waals surface area contributed by atoms with Gasteiger partial charge in [0.15, 0.2) is 0 Å². The highest BCUT2D eigenvalue weighted by atomic mass is 19.4. The third kappa shape index (κ3) is 3.88. The van der Waals surface area contributed by atoms with Crippen LogP contribution in [-0.2, 0) is 15.8 Å². The van der Waals surface area contributed by atoms with Gasteiger partial charge in [0.05, 0.1) is 17.5 Å². The van der Waals surface area contributed by atoms with Gasteiger partial charge in [0.1, 0.15) is 5.92 Å². The molecule has 27 heavy (non-hydrogen) atoms. The summed E-state index contributed by atoms with van der Waals surface area (Å²) in [6.45, 7) is 1.90. The molecule has 2 heterocycles. The maximum Gasteiger partial charge on any atom is 0.416 e. The molecular weight excluding hydrogens is 363 g/mol. The van der Waals surface area contributed by atoms with E-state index in [-0.39, 0.29) is 12.5 Å². The first-order valence-corrected chi connectivity index (χ1v) is 8.06. The van der Waals surface area contributed by atoms with Gasteiger partial charge in [0, 0.05) is 19.5 Å². The van der Waals surface area contributed by atoms with Crippen LogP contribution in [0.15, 0.2) is 30.5 Å². The van der Waals surface area contributed by atoms with E-state index in [9.17, 15) is 22.8 Å². The zero-order valence-corrected chi connectivity index (χ0v) is 14.5. The summed E-state index contributed by atoms with van der Waals surface area (Å²) < 4.78 is 38.3. The first-order valence-electron chi connectivity index (χ1n) is 8.06. The third-order valence-electron chi connectivity index (χ3n) is 4.37. The van der Waals surface area contributed by atoms with Crippen molar-refractivity contribution in [2.45, 2.75) is 19.0 Å². The topological polar surface area (TPSA) is 88.1 Å². The molecule has 0 spiro atoms. The fraction of sp³-hybridized carbons (Fsp3) is 0.353. The highest BCUT2D eigenvalue weighted by Gasteiger charge is 2.44. The minimum atomic E-state index is -4.45. The number of carbonyl (C=O) groups is 2. The Hall–Kier alpha value is -3.04. The Kier molecular flexibility index (Phi) is 4.81. The highest BCUT2D eigenvalue weighted by Crippen LogP contribution is 2.36. The van der Waals surface area contributed by atoms with Gasteiger partial charge in [-0.15, -0.1) is 5.10 Å². The molecule has 2 aromatic rings. The van der Waals surface area contributed by atoms with Crippen molar-refractivity contribution in [1.29, 1.82) is 0 Å². The molecule has 10 heteroatoms. The molecule has 1 aromatic carbocycles. The lowest BCUT2D eigenvalue weighted by molar-refractivity contribution is -0.138. The van der Waals surface area contributed by atoms with Gasteiger partial charge in [0.25, 0.3) is 0 Å². The van der Waals surface area contributed by atoms with E-state index in [1.165, 1.54) is 30.3 Å². The minimum Gasteiger partial charge on any atom is -0.344 e. The lowest BCUT2D eigenvalue weighted by atomic mass is 9.87. The van der Waals surface area contributed by atoms with Gasteiger partial charge in [-0.2, -0.15) is 18.3 Å². The van der Waals surface area contributed by atoms with Crippen LogP contribution in [0, 0.1) is 12.8 Å². The molecule has 0 saturated carbocycles. The first kappa shape index (κ1) is 18.7. The number of hydrogen-bond donors (Lipinski definition) is 1. The second kappa shape index (κ2) is 6.93. The second-order valence-electron chi connectivity index (χ2n) is 6.34. The largest absolute Gasteiger partial charge is 0.416 e. The van der Waals surface area contributed by atoms with Gasteiger partial charge in [0.2, 0.25) is 17.8 Å². The Morgan fingerprint density at radius 3 is 2.44 bits per heavy atom. The Balaban J connectivity index is 1.84. The van der Waals surface area contributed by atoms with Crippen molar-refractivity contribution in [2.24, 2.45) is 5.92 Å². The molecule has 7 nitrogen and oxygen atoms in total. The summed E-state index contributed by atoms with van der Waals surface area (Å²) in [5.41, 5.74) is 0.250. The number of anilines is 1. The second-order valence-corrected chi connectivity index (χ2v) is 6.34. The van der Waals surface area contributed by atoms with Crippen molar-refractivity contribution in [2.75, 3.05) is 18.9 Å². The molecule has 1 N–H and O–H groups in total. The van der Waals surface area contributed by atoms with E-state index >= 15 is 0 Å². The number of nitrogens with one attached hydrogen (secondary N) is 1. The van der Waals surface area contributed by atoms with Gasteiger partial charge >= 0.3 is 6.18 Å². The van der Waals surface area contributed by atoms with E-state index in [1.54, 1.807) is 6.92 Å². The smallest absolute Gasteiger partial charge is 0.344 e. The van der Waals surface area contributed by atoms with E-state index in [1.807, 2.05) is 0 Å². The van der Waals surface area contributed by atoms with Crippen LogP contribution in [0.3, 0.4) is 0 Å². The Morgan fingerprint density at radius 2 is 1.89 bits per heavy atom. The van der Waals surface area contributed by atoms with Crippen LogP contribution in [0.2, 0.25) is 0 Å². The number of nitrogens with zero attached hydrogens (tertiary/aromatic N) is 4. The molecule has 1 aliphatic heterocycles. The number of hydrogen-bond acceptors (Lipinski definition) is 5. The van der Waals surface area contributed by atoms with Crippen molar-refractivity contribution in [3.63, 3.8) is 0 Å². The summed E-state index contributed by atoms with van der Waals surface area (Å²) in [6.07, 6.45) is -3.04. The summed E-state index contributed by atoms with van der Waals surface area (Å²) in [6, 6.07) is 4.48. The number of rotatable bonds is 3.